The zero-order valence-electron chi connectivity index (χ0n) is 17.4. The molecule has 172 valence electrons. The minimum atomic E-state index is -0.812. The maximum Gasteiger partial charge on any atom is 0.331 e. The van der Waals surface area contributed by atoms with Crippen LogP contribution < -0.4 is 0 Å². The zero-order chi connectivity index (χ0) is 23.9. The molecule has 34 heavy (non-hydrogen) atoms. The predicted octanol–water partition coefficient (Wildman–Crippen LogP) is 4.62. The number of ether oxygens (including phenoxy) is 2. The van der Waals surface area contributed by atoms with E-state index in [-0.39, 0.29) is 36.6 Å². The zero-order valence-corrected chi connectivity index (χ0v) is 17.4. The first-order valence-electron chi connectivity index (χ1n) is 9.89. The highest BCUT2D eigenvalue weighted by Crippen LogP contribution is 2.22. The molecule has 4 aromatic rings. The van der Waals surface area contributed by atoms with E-state index < -0.39 is 11.9 Å². The van der Waals surface area contributed by atoms with Gasteiger partial charge in [0.2, 0.25) is 11.8 Å². The Kier molecular flexibility index (Phi) is 6.87. The third-order valence-corrected chi connectivity index (χ3v) is 4.40. The maximum atomic E-state index is 13.0. The standard InChI is InChI=1S/C24H16F2N2O6/c25-17-5-1-15(2-6-17)19-11-27-21(33-19)13-31-23(29)9-10-24(30)32-14-22-28-12-20(34-22)16-3-7-18(26)8-4-16/h1-12H,13-14H2/b10-9+. The van der Waals surface area contributed by atoms with Crippen molar-refractivity contribution in [2.24, 2.45) is 0 Å². The number of hydrogen-bond donors (Lipinski definition) is 0. The molecule has 0 aliphatic rings. The molecule has 0 bridgehead atoms. The van der Waals surface area contributed by atoms with Crippen LogP contribution in [-0.2, 0) is 32.3 Å². The van der Waals surface area contributed by atoms with Gasteiger partial charge in [0.1, 0.15) is 11.6 Å². The second-order valence-corrected chi connectivity index (χ2v) is 6.80. The highest BCUT2D eigenvalue weighted by atomic mass is 19.1. The van der Waals surface area contributed by atoms with Crippen LogP contribution in [0.4, 0.5) is 8.78 Å². The minimum absolute atomic E-state index is 0.129. The van der Waals surface area contributed by atoms with Crippen molar-refractivity contribution in [3.05, 3.63) is 96.5 Å². The van der Waals surface area contributed by atoms with E-state index in [0.29, 0.717) is 22.6 Å². The van der Waals surface area contributed by atoms with Gasteiger partial charge in [0.25, 0.3) is 0 Å². The van der Waals surface area contributed by atoms with Gasteiger partial charge in [0.05, 0.1) is 12.4 Å². The fourth-order valence-corrected chi connectivity index (χ4v) is 2.75. The van der Waals surface area contributed by atoms with Crippen LogP contribution >= 0.6 is 0 Å². The Morgan fingerprint density at radius 3 is 1.47 bits per heavy atom. The summed E-state index contributed by atoms with van der Waals surface area (Å²) in [5, 5.41) is 0. The Morgan fingerprint density at radius 2 is 1.09 bits per heavy atom. The summed E-state index contributed by atoms with van der Waals surface area (Å²) in [7, 11) is 0. The summed E-state index contributed by atoms with van der Waals surface area (Å²) < 4.78 is 46.8. The molecule has 0 radical (unpaired) electrons. The highest BCUT2D eigenvalue weighted by molar-refractivity contribution is 5.91. The molecule has 0 aliphatic carbocycles. The van der Waals surface area contributed by atoms with Gasteiger partial charge in [-0.05, 0) is 48.5 Å². The Labute approximate surface area is 191 Å². The van der Waals surface area contributed by atoms with E-state index in [1.54, 1.807) is 0 Å². The summed E-state index contributed by atoms with van der Waals surface area (Å²) in [5.74, 6) is -1.34. The number of esters is 2. The van der Waals surface area contributed by atoms with Crippen molar-refractivity contribution >= 4 is 11.9 Å². The topological polar surface area (TPSA) is 105 Å². The number of halogens is 2. The first kappa shape index (κ1) is 22.6. The smallest absolute Gasteiger partial charge is 0.331 e. The lowest BCUT2D eigenvalue weighted by Gasteiger charge is -1.99. The molecular weight excluding hydrogens is 450 g/mol. The molecule has 0 fully saturated rings. The number of carbonyl (C=O) groups excluding carboxylic acids is 2. The molecular formula is C24H16F2N2O6. The van der Waals surface area contributed by atoms with Gasteiger partial charge >= 0.3 is 11.9 Å². The first-order valence-corrected chi connectivity index (χ1v) is 9.89. The van der Waals surface area contributed by atoms with Crippen molar-refractivity contribution in [3.63, 3.8) is 0 Å². The maximum absolute atomic E-state index is 13.0. The van der Waals surface area contributed by atoms with Gasteiger partial charge in [0.15, 0.2) is 24.7 Å². The van der Waals surface area contributed by atoms with E-state index in [1.165, 1.54) is 60.9 Å². The van der Waals surface area contributed by atoms with Gasteiger partial charge in [-0.2, -0.15) is 0 Å². The third kappa shape index (κ3) is 6.00. The average molecular weight is 466 g/mol. The summed E-state index contributed by atoms with van der Waals surface area (Å²) in [6.45, 7) is -0.524. The fourth-order valence-electron chi connectivity index (χ4n) is 2.75. The molecule has 0 unspecified atom stereocenters. The van der Waals surface area contributed by atoms with Crippen molar-refractivity contribution in [2.45, 2.75) is 13.2 Å². The number of hydrogen-bond acceptors (Lipinski definition) is 8. The molecule has 0 amide bonds. The summed E-state index contributed by atoms with van der Waals surface area (Å²) in [6, 6.07) is 11.3. The Hall–Kier alpha value is -4.60. The molecule has 2 aromatic heterocycles. The van der Waals surface area contributed by atoms with E-state index in [4.69, 9.17) is 18.3 Å². The lowest BCUT2D eigenvalue weighted by molar-refractivity contribution is -0.142. The van der Waals surface area contributed by atoms with Crippen molar-refractivity contribution in [1.82, 2.24) is 9.97 Å². The van der Waals surface area contributed by atoms with Crippen molar-refractivity contribution in [2.75, 3.05) is 0 Å². The molecule has 0 spiro atoms. The van der Waals surface area contributed by atoms with Crippen molar-refractivity contribution in [1.29, 1.82) is 0 Å². The Bertz CT molecular complexity index is 1210. The predicted molar refractivity (Wildman–Crippen MR) is 113 cm³/mol. The van der Waals surface area contributed by atoms with E-state index in [9.17, 15) is 18.4 Å². The second-order valence-electron chi connectivity index (χ2n) is 6.80. The van der Waals surface area contributed by atoms with Gasteiger partial charge < -0.3 is 18.3 Å². The van der Waals surface area contributed by atoms with Gasteiger partial charge in [-0.1, -0.05) is 0 Å². The summed E-state index contributed by atoms with van der Waals surface area (Å²) in [6.07, 6.45) is 4.64. The van der Waals surface area contributed by atoms with Crippen LogP contribution in [-0.4, -0.2) is 21.9 Å². The second kappa shape index (κ2) is 10.3. The van der Waals surface area contributed by atoms with E-state index in [0.717, 1.165) is 12.2 Å². The van der Waals surface area contributed by atoms with Gasteiger partial charge in [-0.25, -0.2) is 28.3 Å². The van der Waals surface area contributed by atoms with Crippen LogP contribution in [0.1, 0.15) is 11.8 Å². The van der Waals surface area contributed by atoms with Crippen LogP contribution in [0.2, 0.25) is 0 Å². The molecule has 2 heterocycles. The summed E-state index contributed by atoms with van der Waals surface area (Å²) in [5.41, 5.74) is 1.23. The number of benzene rings is 2. The monoisotopic (exact) mass is 466 g/mol. The van der Waals surface area contributed by atoms with E-state index in [1.807, 2.05) is 0 Å². The van der Waals surface area contributed by atoms with Crippen LogP contribution in [0.3, 0.4) is 0 Å². The molecule has 10 heteroatoms. The van der Waals surface area contributed by atoms with E-state index >= 15 is 0 Å². The van der Waals surface area contributed by atoms with Gasteiger partial charge in [0, 0.05) is 23.3 Å². The molecule has 0 atom stereocenters. The van der Waals surface area contributed by atoms with Crippen molar-refractivity contribution in [3.8, 4) is 22.6 Å². The Morgan fingerprint density at radius 1 is 0.706 bits per heavy atom. The van der Waals surface area contributed by atoms with Crippen LogP contribution in [0.15, 0.2) is 81.9 Å². The summed E-state index contributed by atoms with van der Waals surface area (Å²) in [4.78, 5) is 31.6. The van der Waals surface area contributed by atoms with E-state index in [2.05, 4.69) is 9.97 Å². The van der Waals surface area contributed by atoms with Crippen LogP contribution in [0, 0.1) is 11.6 Å². The third-order valence-electron chi connectivity index (χ3n) is 4.40. The fraction of sp³-hybridized carbons (Fsp3) is 0.0833. The molecule has 8 nitrogen and oxygen atoms in total. The van der Waals surface area contributed by atoms with Gasteiger partial charge in [-0.15, -0.1) is 0 Å². The lowest BCUT2D eigenvalue weighted by atomic mass is 10.2. The van der Waals surface area contributed by atoms with Crippen LogP contribution in [0.5, 0.6) is 0 Å². The summed E-state index contributed by atoms with van der Waals surface area (Å²) >= 11 is 0. The molecule has 0 N–H and O–H groups in total. The highest BCUT2D eigenvalue weighted by Gasteiger charge is 2.11. The van der Waals surface area contributed by atoms with Crippen molar-refractivity contribution < 1.29 is 36.7 Å². The van der Waals surface area contributed by atoms with Gasteiger partial charge in [-0.3, -0.25) is 0 Å². The SMILES string of the molecule is O=C(/C=C/C(=O)OCc1ncc(-c2ccc(F)cc2)o1)OCc1ncc(-c2ccc(F)cc2)o1. The number of rotatable bonds is 8. The molecule has 2 aromatic carbocycles. The normalized spacial score (nSPS) is 11.0. The molecule has 0 saturated carbocycles. The van der Waals surface area contributed by atoms with Crippen LogP contribution in [0.25, 0.3) is 22.6 Å². The number of nitrogens with zero attached hydrogens (tertiary/aromatic N) is 2. The minimum Gasteiger partial charge on any atom is -0.453 e. The average Bonchev–Trinajstić information content (AvgIpc) is 3.51. The lowest BCUT2D eigenvalue weighted by Crippen LogP contribution is -2.05. The first-order chi connectivity index (χ1) is 16.5. The molecule has 4 rings (SSSR count). The number of oxazole rings is 2. The molecule has 0 aliphatic heterocycles. The largest absolute Gasteiger partial charge is 0.453 e. The number of aromatic nitrogens is 2. The quantitative estimate of drug-likeness (QED) is 0.274. The number of carbonyl (C=O) groups is 2. The molecule has 0 saturated heterocycles. The Balaban J connectivity index is 1.22.